The third-order valence-electron chi connectivity index (χ3n) is 4.67. The molecule has 0 spiro atoms. The summed E-state index contributed by atoms with van der Waals surface area (Å²) in [6.45, 7) is 1.31. The van der Waals surface area contributed by atoms with Crippen LogP contribution in [0.2, 0.25) is 0 Å². The number of hydrogen-bond acceptors (Lipinski definition) is 3. The van der Waals surface area contributed by atoms with Gasteiger partial charge in [-0.1, -0.05) is 60.7 Å². The van der Waals surface area contributed by atoms with Crippen molar-refractivity contribution >= 4 is 23.5 Å². The first-order valence-electron chi connectivity index (χ1n) is 9.13. The Hall–Kier alpha value is -3.40. The molecule has 2 aromatic carbocycles. The molecule has 0 saturated heterocycles. The van der Waals surface area contributed by atoms with E-state index in [1.807, 2.05) is 59.5 Å². The highest BCUT2D eigenvalue weighted by Crippen LogP contribution is 2.29. The molecule has 0 aliphatic carbocycles. The Kier molecular flexibility index (Phi) is 4.97. The lowest BCUT2D eigenvalue weighted by Gasteiger charge is -2.19. The molecule has 0 radical (unpaired) electrons. The van der Waals surface area contributed by atoms with E-state index >= 15 is 0 Å². The average molecular weight is 355 g/mol. The Labute approximate surface area is 159 Å². The number of benzene rings is 2. The summed E-state index contributed by atoms with van der Waals surface area (Å²) in [7, 11) is 0. The summed E-state index contributed by atoms with van der Waals surface area (Å²) in [5, 5.41) is 3.27. The van der Waals surface area contributed by atoms with Gasteiger partial charge < -0.3 is 10.2 Å². The number of hydrogen-bond donors (Lipinski definition) is 1. The molecule has 2 heterocycles. The molecule has 0 saturated carbocycles. The lowest BCUT2D eigenvalue weighted by atomic mass is 10.1. The number of carbonyl (C=O) groups excluding carboxylic acids is 1. The summed E-state index contributed by atoms with van der Waals surface area (Å²) in [6.07, 6.45) is 6.68. The van der Waals surface area contributed by atoms with Crippen LogP contribution < -0.4 is 10.2 Å². The van der Waals surface area contributed by atoms with E-state index in [1.165, 1.54) is 5.56 Å². The van der Waals surface area contributed by atoms with Gasteiger partial charge in [0.15, 0.2) is 0 Å². The predicted molar refractivity (Wildman–Crippen MR) is 110 cm³/mol. The van der Waals surface area contributed by atoms with Crippen LogP contribution in [0.25, 0.3) is 6.08 Å². The Balaban J connectivity index is 1.48. The van der Waals surface area contributed by atoms with Gasteiger partial charge in [0.25, 0.3) is 5.91 Å². The van der Waals surface area contributed by atoms with E-state index in [0.717, 1.165) is 17.7 Å². The summed E-state index contributed by atoms with van der Waals surface area (Å²) >= 11 is 0. The summed E-state index contributed by atoms with van der Waals surface area (Å²) in [6, 6.07) is 21.8. The highest BCUT2D eigenvalue weighted by molar-refractivity contribution is 6.10. The van der Waals surface area contributed by atoms with Crippen molar-refractivity contribution in [2.45, 2.75) is 6.42 Å². The van der Waals surface area contributed by atoms with Crippen LogP contribution >= 0.6 is 0 Å². The maximum atomic E-state index is 13.1. The monoisotopic (exact) mass is 355 g/mol. The molecular weight excluding hydrogens is 334 g/mol. The Morgan fingerprint density at radius 2 is 1.85 bits per heavy atom. The minimum Gasteiger partial charge on any atom is -0.366 e. The molecule has 134 valence electrons. The summed E-state index contributed by atoms with van der Waals surface area (Å²) < 4.78 is 0. The fourth-order valence-electron chi connectivity index (χ4n) is 3.33. The fourth-order valence-corrected chi connectivity index (χ4v) is 3.33. The normalized spacial score (nSPS) is 13.0. The van der Waals surface area contributed by atoms with E-state index in [0.29, 0.717) is 24.5 Å². The van der Waals surface area contributed by atoms with E-state index in [9.17, 15) is 4.79 Å². The van der Waals surface area contributed by atoms with Gasteiger partial charge in [0.2, 0.25) is 0 Å². The van der Waals surface area contributed by atoms with Gasteiger partial charge in [-0.2, -0.15) is 0 Å². The SMILES string of the molecule is O=C(c1cccnc1NC/C=C/c1ccccc1)N1CCc2ccccc21. The van der Waals surface area contributed by atoms with Gasteiger partial charge in [0.1, 0.15) is 5.82 Å². The second kappa shape index (κ2) is 7.87. The number of nitrogens with one attached hydrogen (secondary N) is 1. The zero-order chi connectivity index (χ0) is 18.5. The zero-order valence-electron chi connectivity index (χ0n) is 15.0. The first-order chi connectivity index (χ1) is 13.3. The quantitative estimate of drug-likeness (QED) is 0.737. The van der Waals surface area contributed by atoms with Crippen molar-refractivity contribution in [2.24, 2.45) is 0 Å². The summed E-state index contributed by atoms with van der Waals surface area (Å²) in [5.74, 6) is 0.604. The number of nitrogens with zero attached hydrogens (tertiary/aromatic N) is 2. The van der Waals surface area contributed by atoms with Crippen LogP contribution in [0.1, 0.15) is 21.5 Å². The molecule has 1 amide bonds. The number of carbonyl (C=O) groups is 1. The number of aromatic nitrogens is 1. The van der Waals surface area contributed by atoms with E-state index in [2.05, 4.69) is 28.5 Å². The second-order valence-electron chi connectivity index (χ2n) is 6.43. The van der Waals surface area contributed by atoms with Gasteiger partial charge in [0, 0.05) is 25.0 Å². The molecule has 1 aromatic heterocycles. The maximum absolute atomic E-state index is 13.1. The average Bonchev–Trinajstić information content (AvgIpc) is 3.16. The summed E-state index contributed by atoms with van der Waals surface area (Å²) in [4.78, 5) is 19.3. The second-order valence-corrected chi connectivity index (χ2v) is 6.43. The molecule has 0 fully saturated rings. The molecule has 1 N–H and O–H groups in total. The van der Waals surface area contributed by atoms with Gasteiger partial charge in [-0.15, -0.1) is 0 Å². The van der Waals surface area contributed by atoms with Crippen molar-refractivity contribution in [3.05, 3.63) is 95.7 Å². The molecule has 0 unspecified atom stereocenters. The largest absolute Gasteiger partial charge is 0.366 e. The number of fused-ring (bicyclic) bond motifs is 1. The molecule has 1 aliphatic rings. The van der Waals surface area contributed by atoms with E-state index in [1.54, 1.807) is 12.3 Å². The number of para-hydroxylation sites is 1. The Morgan fingerprint density at radius 1 is 1.04 bits per heavy atom. The van der Waals surface area contributed by atoms with Crippen LogP contribution in [0.15, 0.2) is 79.0 Å². The number of rotatable bonds is 5. The molecule has 0 atom stereocenters. The van der Waals surface area contributed by atoms with Crippen molar-refractivity contribution in [1.82, 2.24) is 4.98 Å². The first kappa shape index (κ1) is 17.0. The van der Waals surface area contributed by atoms with E-state index in [-0.39, 0.29) is 5.91 Å². The molecule has 27 heavy (non-hydrogen) atoms. The van der Waals surface area contributed by atoms with Crippen molar-refractivity contribution < 1.29 is 4.79 Å². The summed E-state index contributed by atoms with van der Waals surface area (Å²) in [5.41, 5.74) is 3.96. The third kappa shape index (κ3) is 3.75. The Morgan fingerprint density at radius 3 is 2.74 bits per heavy atom. The molecule has 4 nitrogen and oxygen atoms in total. The molecular formula is C23H21N3O. The van der Waals surface area contributed by atoms with Gasteiger partial charge in [-0.3, -0.25) is 4.79 Å². The molecule has 3 aromatic rings. The van der Waals surface area contributed by atoms with Crippen molar-refractivity contribution in [1.29, 1.82) is 0 Å². The highest BCUT2D eigenvalue weighted by atomic mass is 16.2. The van der Waals surface area contributed by atoms with E-state index < -0.39 is 0 Å². The lowest BCUT2D eigenvalue weighted by molar-refractivity contribution is 0.0990. The Bertz CT molecular complexity index is 966. The topological polar surface area (TPSA) is 45.2 Å². The zero-order valence-corrected chi connectivity index (χ0v) is 15.0. The van der Waals surface area contributed by atoms with Crippen LogP contribution in [-0.4, -0.2) is 24.0 Å². The van der Waals surface area contributed by atoms with Crippen LogP contribution in [0, 0.1) is 0 Å². The third-order valence-corrected chi connectivity index (χ3v) is 4.67. The number of pyridine rings is 1. The van der Waals surface area contributed by atoms with Crippen LogP contribution in [0.3, 0.4) is 0 Å². The molecule has 4 heteroatoms. The van der Waals surface area contributed by atoms with E-state index in [4.69, 9.17) is 0 Å². The lowest BCUT2D eigenvalue weighted by Crippen LogP contribution is -2.29. The van der Waals surface area contributed by atoms with Gasteiger partial charge in [0.05, 0.1) is 5.56 Å². The van der Waals surface area contributed by atoms with Crippen LogP contribution in [0.5, 0.6) is 0 Å². The molecule has 0 bridgehead atoms. The van der Waals surface area contributed by atoms with Crippen molar-refractivity contribution in [2.75, 3.05) is 23.3 Å². The van der Waals surface area contributed by atoms with Crippen molar-refractivity contribution in [3.63, 3.8) is 0 Å². The fraction of sp³-hybridized carbons (Fsp3) is 0.130. The predicted octanol–water partition coefficient (Wildman–Crippen LogP) is 4.41. The standard InChI is InChI=1S/C23H21N3O/c27-23(26-17-14-19-11-4-5-13-21(19)26)20-12-7-16-25-22(20)24-15-6-10-18-8-2-1-3-9-18/h1-13,16H,14-15,17H2,(H,24,25)/b10-6+. The van der Waals surface area contributed by atoms with Gasteiger partial charge >= 0.3 is 0 Å². The van der Waals surface area contributed by atoms with Crippen LogP contribution in [-0.2, 0) is 6.42 Å². The van der Waals surface area contributed by atoms with Gasteiger partial charge in [-0.25, -0.2) is 4.98 Å². The minimum absolute atomic E-state index is 0.0115. The number of amides is 1. The van der Waals surface area contributed by atoms with Crippen molar-refractivity contribution in [3.8, 4) is 0 Å². The minimum atomic E-state index is -0.0115. The highest BCUT2D eigenvalue weighted by Gasteiger charge is 2.26. The first-order valence-corrected chi connectivity index (χ1v) is 9.13. The molecule has 4 rings (SSSR count). The van der Waals surface area contributed by atoms with Crippen LogP contribution in [0.4, 0.5) is 11.5 Å². The number of anilines is 2. The maximum Gasteiger partial charge on any atom is 0.262 e. The van der Waals surface area contributed by atoms with Gasteiger partial charge in [-0.05, 0) is 35.7 Å². The molecule has 1 aliphatic heterocycles. The smallest absolute Gasteiger partial charge is 0.262 e.